The summed E-state index contributed by atoms with van der Waals surface area (Å²) in [5, 5.41) is 38.7. The number of carbonyl (C=O) groups is 2. The lowest BCUT2D eigenvalue weighted by molar-refractivity contribution is -0.161. The fraction of sp³-hybridized carbons (Fsp3) is 0.905. The summed E-state index contributed by atoms with van der Waals surface area (Å²) >= 11 is 0. The smallest absolute Gasteiger partial charge is 0.462 e. The first kappa shape index (κ1) is 53.6. The quantitative estimate of drug-likeness (QED) is 0.0171. The molecule has 55 heavy (non-hydrogen) atoms. The van der Waals surface area contributed by atoms with E-state index >= 15 is 0 Å². The minimum absolute atomic E-state index is 0.0888. The number of aliphatic hydroxyl groups is 4. The Morgan fingerprint density at radius 3 is 1.60 bits per heavy atom. The van der Waals surface area contributed by atoms with Crippen molar-refractivity contribution < 1.29 is 58.0 Å². The SMILES string of the molecule is CCCCC/C=C\C[C@H](O)[C@@H](O)CCCCCCCC(=O)O[C@H](COC(=O)CCCCCCCCCCCCCCCCC)COP(=O)(O)OC[C@@H](O)CO. The Morgan fingerprint density at radius 1 is 0.582 bits per heavy atom. The number of rotatable bonds is 41. The number of hydrogen-bond acceptors (Lipinski definition) is 11. The van der Waals surface area contributed by atoms with E-state index in [0.29, 0.717) is 25.7 Å². The largest absolute Gasteiger partial charge is 0.472 e. The number of unbranched alkanes of at least 4 members (excludes halogenated alkanes) is 21. The second-order valence-electron chi connectivity index (χ2n) is 15.0. The number of phosphoric acid groups is 1. The van der Waals surface area contributed by atoms with Crippen molar-refractivity contribution in [3.05, 3.63) is 12.2 Å². The summed E-state index contributed by atoms with van der Waals surface area (Å²) in [5.74, 6) is -1.03. The molecule has 0 aliphatic heterocycles. The summed E-state index contributed by atoms with van der Waals surface area (Å²) in [7, 11) is -4.65. The van der Waals surface area contributed by atoms with Gasteiger partial charge in [0, 0.05) is 12.8 Å². The zero-order valence-corrected chi connectivity index (χ0v) is 35.5. The predicted octanol–water partition coefficient (Wildman–Crippen LogP) is 9.17. The van der Waals surface area contributed by atoms with Crippen LogP contribution in [0.3, 0.4) is 0 Å². The van der Waals surface area contributed by atoms with Gasteiger partial charge in [0.25, 0.3) is 0 Å². The lowest BCUT2D eigenvalue weighted by Gasteiger charge is -2.20. The molecule has 0 aromatic heterocycles. The van der Waals surface area contributed by atoms with E-state index in [2.05, 4.69) is 24.4 Å². The van der Waals surface area contributed by atoms with Crippen molar-refractivity contribution in [2.75, 3.05) is 26.4 Å². The van der Waals surface area contributed by atoms with E-state index in [1.54, 1.807) is 0 Å². The van der Waals surface area contributed by atoms with Crippen LogP contribution >= 0.6 is 7.82 Å². The molecule has 0 saturated heterocycles. The molecule has 0 aromatic rings. The molecule has 0 rings (SSSR count). The van der Waals surface area contributed by atoms with Gasteiger partial charge in [0.15, 0.2) is 6.10 Å². The third-order valence-corrected chi connectivity index (χ3v) is 10.6. The summed E-state index contributed by atoms with van der Waals surface area (Å²) in [5.41, 5.74) is 0. The van der Waals surface area contributed by atoms with Gasteiger partial charge in [-0.15, -0.1) is 0 Å². The molecule has 0 bridgehead atoms. The van der Waals surface area contributed by atoms with E-state index in [-0.39, 0.29) is 19.4 Å². The number of hydrogen-bond donors (Lipinski definition) is 5. The molecule has 0 spiro atoms. The van der Waals surface area contributed by atoms with Crippen molar-refractivity contribution in [3.8, 4) is 0 Å². The minimum atomic E-state index is -4.65. The Bertz CT molecular complexity index is 965. The molecule has 0 fully saturated rings. The van der Waals surface area contributed by atoms with Crippen LogP contribution in [0.25, 0.3) is 0 Å². The van der Waals surface area contributed by atoms with E-state index in [0.717, 1.165) is 57.8 Å². The first-order chi connectivity index (χ1) is 26.5. The van der Waals surface area contributed by atoms with Crippen LogP contribution in [-0.2, 0) is 32.7 Å². The maximum atomic E-state index is 12.6. The van der Waals surface area contributed by atoms with Crippen LogP contribution in [-0.4, -0.2) is 88.1 Å². The molecule has 12 nitrogen and oxygen atoms in total. The highest BCUT2D eigenvalue weighted by atomic mass is 31.2. The zero-order valence-electron chi connectivity index (χ0n) is 34.6. The van der Waals surface area contributed by atoms with Crippen LogP contribution < -0.4 is 0 Å². The highest BCUT2D eigenvalue weighted by Gasteiger charge is 2.27. The normalized spacial score (nSPS) is 15.1. The van der Waals surface area contributed by atoms with Gasteiger partial charge in [-0.05, 0) is 38.5 Å². The van der Waals surface area contributed by atoms with Crippen LogP contribution in [0.15, 0.2) is 12.2 Å². The molecule has 326 valence electrons. The third kappa shape index (κ3) is 36.7. The van der Waals surface area contributed by atoms with Crippen molar-refractivity contribution in [3.63, 3.8) is 0 Å². The van der Waals surface area contributed by atoms with E-state index in [1.807, 2.05) is 6.08 Å². The van der Waals surface area contributed by atoms with E-state index in [4.69, 9.17) is 19.1 Å². The molecule has 5 N–H and O–H groups in total. The molecule has 1 unspecified atom stereocenters. The zero-order chi connectivity index (χ0) is 40.8. The molecule has 0 radical (unpaired) electrons. The molecule has 0 heterocycles. The molecule has 0 amide bonds. The summed E-state index contributed by atoms with van der Waals surface area (Å²) in [4.78, 5) is 35.0. The Labute approximate surface area is 333 Å². The average molecular weight is 809 g/mol. The van der Waals surface area contributed by atoms with Crippen LogP contribution in [0, 0.1) is 0 Å². The van der Waals surface area contributed by atoms with Gasteiger partial charge in [-0.2, -0.15) is 0 Å². The molecule has 0 aliphatic rings. The molecular formula is C42H81O12P. The second-order valence-corrected chi connectivity index (χ2v) is 16.5. The third-order valence-electron chi connectivity index (χ3n) is 9.62. The monoisotopic (exact) mass is 809 g/mol. The summed E-state index contributed by atoms with van der Waals surface area (Å²) in [6.45, 7) is 2.16. The van der Waals surface area contributed by atoms with Gasteiger partial charge in [0.1, 0.15) is 12.7 Å². The van der Waals surface area contributed by atoms with Crippen LogP contribution in [0.2, 0.25) is 0 Å². The van der Waals surface area contributed by atoms with Gasteiger partial charge < -0.3 is 34.8 Å². The van der Waals surface area contributed by atoms with Crippen molar-refractivity contribution in [1.29, 1.82) is 0 Å². The minimum Gasteiger partial charge on any atom is -0.462 e. The molecule has 5 atom stereocenters. The lowest BCUT2D eigenvalue weighted by Crippen LogP contribution is -2.29. The van der Waals surface area contributed by atoms with E-state index < -0.39 is 64.0 Å². The van der Waals surface area contributed by atoms with Crippen molar-refractivity contribution in [2.45, 2.75) is 218 Å². The Kier molecular flexibility index (Phi) is 37.2. The summed E-state index contributed by atoms with van der Waals surface area (Å²) in [6, 6.07) is 0. The maximum absolute atomic E-state index is 12.6. The number of phosphoric ester groups is 1. The van der Waals surface area contributed by atoms with Gasteiger partial charge >= 0.3 is 19.8 Å². The highest BCUT2D eigenvalue weighted by molar-refractivity contribution is 7.47. The maximum Gasteiger partial charge on any atom is 0.472 e. The highest BCUT2D eigenvalue weighted by Crippen LogP contribution is 2.43. The van der Waals surface area contributed by atoms with Crippen LogP contribution in [0.5, 0.6) is 0 Å². The fourth-order valence-electron chi connectivity index (χ4n) is 6.08. The Morgan fingerprint density at radius 2 is 1.05 bits per heavy atom. The van der Waals surface area contributed by atoms with Gasteiger partial charge in [-0.3, -0.25) is 18.6 Å². The molecular weight excluding hydrogens is 727 g/mol. The number of esters is 2. The van der Waals surface area contributed by atoms with Crippen molar-refractivity contribution in [2.24, 2.45) is 0 Å². The molecule has 0 aromatic carbocycles. The number of allylic oxidation sites excluding steroid dienone is 1. The van der Waals surface area contributed by atoms with E-state index in [9.17, 15) is 34.4 Å². The standard InChI is InChI=1S/C42H81O12P/c1-3-5-7-9-11-12-13-14-15-16-17-18-19-23-27-31-41(47)51-35-38(36-53-55(49,50)52-34-37(44)33-43)54-42(48)32-28-24-20-22-26-30-40(46)39(45)29-25-21-10-8-6-4-2/h21,25,37-40,43-46H,3-20,22-24,26-36H2,1-2H3,(H,49,50)/b25-21-/t37-,38+,39-,40-/m0/s1. The van der Waals surface area contributed by atoms with Crippen molar-refractivity contribution >= 4 is 19.8 Å². The Hall–Kier alpha value is -1.37. The molecule has 0 saturated carbocycles. The topological polar surface area (TPSA) is 189 Å². The van der Waals surface area contributed by atoms with Crippen molar-refractivity contribution in [1.82, 2.24) is 0 Å². The number of carbonyl (C=O) groups excluding carboxylic acids is 2. The van der Waals surface area contributed by atoms with Gasteiger partial charge in [0.2, 0.25) is 0 Å². The first-order valence-corrected chi connectivity index (χ1v) is 23.3. The fourth-order valence-corrected chi connectivity index (χ4v) is 6.87. The first-order valence-electron chi connectivity index (χ1n) is 21.8. The van der Waals surface area contributed by atoms with Gasteiger partial charge in [-0.25, -0.2) is 4.57 Å². The number of ether oxygens (including phenoxy) is 2. The second kappa shape index (κ2) is 38.2. The van der Waals surface area contributed by atoms with E-state index in [1.165, 1.54) is 83.5 Å². The van der Waals surface area contributed by atoms with Crippen LogP contribution in [0.4, 0.5) is 0 Å². The molecule has 0 aliphatic carbocycles. The average Bonchev–Trinajstić information content (AvgIpc) is 3.17. The Balaban J connectivity index is 4.40. The van der Waals surface area contributed by atoms with Crippen LogP contribution in [0.1, 0.15) is 194 Å². The summed E-state index contributed by atoms with van der Waals surface area (Å²) < 4.78 is 32.6. The summed E-state index contributed by atoms with van der Waals surface area (Å²) in [6.07, 6.45) is 27.7. The lowest BCUT2D eigenvalue weighted by atomic mass is 10.0. The number of aliphatic hydroxyl groups excluding tert-OH is 4. The van der Waals surface area contributed by atoms with Gasteiger partial charge in [-0.1, -0.05) is 154 Å². The predicted molar refractivity (Wildman–Crippen MR) is 217 cm³/mol. The van der Waals surface area contributed by atoms with Gasteiger partial charge in [0.05, 0.1) is 32.0 Å². The molecule has 13 heteroatoms.